The van der Waals surface area contributed by atoms with Gasteiger partial charge in [-0.15, -0.1) is 24.0 Å². The first-order valence-corrected chi connectivity index (χ1v) is 9.96. The normalized spacial score (nSPS) is 14.3. The van der Waals surface area contributed by atoms with E-state index in [1.165, 1.54) is 0 Å². The van der Waals surface area contributed by atoms with Crippen molar-refractivity contribution in [1.29, 1.82) is 0 Å². The summed E-state index contributed by atoms with van der Waals surface area (Å²) in [6.07, 6.45) is 1.83. The number of halogens is 3. The summed E-state index contributed by atoms with van der Waals surface area (Å²) in [6, 6.07) is 9.72. The van der Waals surface area contributed by atoms with Gasteiger partial charge >= 0.3 is 0 Å². The molecule has 0 saturated carbocycles. The Kier molecular flexibility index (Phi) is 9.74. The van der Waals surface area contributed by atoms with Crippen LogP contribution in [0, 0.1) is 0 Å². The summed E-state index contributed by atoms with van der Waals surface area (Å²) in [5.41, 5.74) is 2.20. The fraction of sp³-hybridized carbons (Fsp3) is 0.400. The Morgan fingerprint density at radius 1 is 1.24 bits per heavy atom. The van der Waals surface area contributed by atoms with Crippen LogP contribution in [-0.2, 0) is 17.8 Å². The summed E-state index contributed by atoms with van der Waals surface area (Å²) in [4.78, 5) is 13.3. The highest BCUT2D eigenvalue weighted by molar-refractivity contribution is 14.0. The molecular weight excluding hydrogens is 524 g/mol. The van der Waals surface area contributed by atoms with Gasteiger partial charge in [0.15, 0.2) is 5.96 Å². The van der Waals surface area contributed by atoms with Gasteiger partial charge in [-0.3, -0.25) is 4.99 Å². The van der Waals surface area contributed by atoms with Crippen LogP contribution in [0.25, 0.3) is 0 Å². The minimum Gasteiger partial charge on any atom is -0.378 e. The van der Waals surface area contributed by atoms with Crippen LogP contribution >= 0.6 is 47.2 Å². The number of benzene rings is 1. The molecule has 3 rings (SSSR count). The van der Waals surface area contributed by atoms with Gasteiger partial charge < -0.3 is 19.9 Å². The van der Waals surface area contributed by atoms with Crippen LogP contribution in [0.1, 0.15) is 11.1 Å². The van der Waals surface area contributed by atoms with Crippen molar-refractivity contribution in [3.8, 4) is 0 Å². The molecule has 29 heavy (non-hydrogen) atoms. The Hall–Kier alpha value is -1.29. The van der Waals surface area contributed by atoms with Crippen LogP contribution in [0.2, 0.25) is 10.0 Å². The fourth-order valence-electron chi connectivity index (χ4n) is 3.17. The maximum atomic E-state index is 6.13. The van der Waals surface area contributed by atoms with Crippen molar-refractivity contribution < 1.29 is 4.74 Å². The Morgan fingerprint density at radius 3 is 2.69 bits per heavy atom. The van der Waals surface area contributed by atoms with E-state index in [4.69, 9.17) is 27.9 Å². The molecule has 0 bridgehead atoms. The van der Waals surface area contributed by atoms with E-state index in [2.05, 4.69) is 26.3 Å². The average molecular weight is 550 g/mol. The molecule has 0 unspecified atom stereocenters. The first-order chi connectivity index (χ1) is 13.6. The monoisotopic (exact) mass is 549 g/mol. The lowest BCUT2D eigenvalue weighted by molar-refractivity contribution is 0.122. The van der Waals surface area contributed by atoms with Crippen molar-refractivity contribution >= 4 is 59.0 Å². The Labute approximate surface area is 199 Å². The molecule has 1 fully saturated rings. The van der Waals surface area contributed by atoms with Gasteiger partial charge in [0.05, 0.1) is 23.3 Å². The van der Waals surface area contributed by atoms with Crippen molar-refractivity contribution in [3.63, 3.8) is 0 Å². The molecular formula is C20H26Cl2IN5O. The topological polar surface area (TPSA) is 53.0 Å². The van der Waals surface area contributed by atoms with Crippen molar-refractivity contribution in [2.75, 3.05) is 45.3 Å². The van der Waals surface area contributed by atoms with Crippen molar-refractivity contribution in [2.24, 2.45) is 4.99 Å². The highest BCUT2D eigenvalue weighted by Crippen LogP contribution is 2.23. The van der Waals surface area contributed by atoms with E-state index >= 15 is 0 Å². The zero-order valence-corrected chi connectivity index (χ0v) is 20.4. The zero-order valence-electron chi connectivity index (χ0n) is 16.6. The second-order valence-corrected chi connectivity index (χ2v) is 7.41. The number of ether oxygens (including phenoxy) is 1. The molecule has 158 valence electrons. The Balaban J connectivity index is 0.00000300. The summed E-state index contributed by atoms with van der Waals surface area (Å²) in [6.45, 7) is 4.49. The smallest absolute Gasteiger partial charge is 0.193 e. The Bertz CT molecular complexity index is 830. The van der Waals surface area contributed by atoms with Crippen LogP contribution < -0.4 is 10.2 Å². The fourth-order valence-corrected chi connectivity index (χ4v) is 3.49. The lowest BCUT2D eigenvalue weighted by Crippen LogP contribution is -2.40. The minimum atomic E-state index is 0. The van der Waals surface area contributed by atoms with E-state index in [1.54, 1.807) is 7.05 Å². The molecule has 0 aliphatic carbocycles. The van der Waals surface area contributed by atoms with Gasteiger partial charge in [0.2, 0.25) is 0 Å². The molecule has 0 atom stereocenters. The first kappa shape index (κ1) is 24.0. The number of hydrogen-bond acceptors (Lipinski definition) is 4. The third kappa shape index (κ3) is 6.60. The highest BCUT2D eigenvalue weighted by Gasteiger charge is 2.16. The lowest BCUT2D eigenvalue weighted by atomic mass is 10.2. The molecule has 9 heteroatoms. The second kappa shape index (κ2) is 11.8. The van der Waals surface area contributed by atoms with Gasteiger partial charge in [0.25, 0.3) is 0 Å². The SMILES string of the molecule is CN=C(NCc1cccnc1N1CCOCC1)N(C)Cc1ccc(Cl)c(Cl)c1.I. The van der Waals surface area contributed by atoms with E-state index in [0.29, 0.717) is 23.1 Å². The molecule has 2 aromatic rings. The number of rotatable bonds is 5. The molecule has 2 heterocycles. The predicted octanol–water partition coefficient (Wildman–Crippen LogP) is 4.05. The molecule has 0 spiro atoms. The van der Waals surface area contributed by atoms with Gasteiger partial charge in [0.1, 0.15) is 5.82 Å². The van der Waals surface area contributed by atoms with Crippen LogP contribution in [0.15, 0.2) is 41.5 Å². The van der Waals surface area contributed by atoms with E-state index in [0.717, 1.165) is 49.2 Å². The summed E-state index contributed by atoms with van der Waals surface area (Å²) < 4.78 is 5.45. The van der Waals surface area contributed by atoms with Crippen LogP contribution in [0.3, 0.4) is 0 Å². The number of hydrogen-bond donors (Lipinski definition) is 1. The third-order valence-electron chi connectivity index (χ3n) is 4.59. The minimum absolute atomic E-state index is 0. The third-order valence-corrected chi connectivity index (χ3v) is 5.33. The number of morpholine rings is 1. The van der Waals surface area contributed by atoms with E-state index in [1.807, 2.05) is 42.4 Å². The van der Waals surface area contributed by atoms with Gasteiger partial charge in [-0.1, -0.05) is 35.3 Å². The van der Waals surface area contributed by atoms with Gasteiger partial charge in [0, 0.05) is 52.0 Å². The summed E-state index contributed by atoms with van der Waals surface area (Å²) in [5, 5.41) is 4.54. The largest absolute Gasteiger partial charge is 0.378 e. The zero-order chi connectivity index (χ0) is 19.9. The number of guanidine groups is 1. The quantitative estimate of drug-likeness (QED) is 0.346. The maximum absolute atomic E-state index is 6.13. The number of nitrogens with one attached hydrogen (secondary N) is 1. The number of pyridine rings is 1. The summed E-state index contributed by atoms with van der Waals surface area (Å²) in [7, 11) is 3.77. The Morgan fingerprint density at radius 2 is 2.00 bits per heavy atom. The molecule has 1 aliphatic heterocycles. The number of nitrogens with zero attached hydrogens (tertiary/aromatic N) is 4. The number of anilines is 1. The van der Waals surface area contributed by atoms with Crippen LogP contribution in [-0.4, -0.2) is 56.2 Å². The molecule has 1 saturated heterocycles. The second-order valence-electron chi connectivity index (χ2n) is 6.59. The average Bonchev–Trinajstić information content (AvgIpc) is 2.72. The molecule has 1 N–H and O–H groups in total. The predicted molar refractivity (Wildman–Crippen MR) is 131 cm³/mol. The van der Waals surface area contributed by atoms with E-state index < -0.39 is 0 Å². The molecule has 1 aromatic carbocycles. The number of aliphatic imine (C=N–C) groups is 1. The van der Waals surface area contributed by atoms with Crippen molar-refractivity contribution in [2.45, 2.75) is 13.1 Å². The highest BCUT2D eigenvalue weighted by atomic mass is 127. The van der Waals surface area contributed by atoms with Crippen LogP contribution in [0.5, 0.6) is 0 Å². The molecule has 6 nitrogen and oxygen atoms in total. The summed E-state index contributed by atoms with van der Waals surface area (Å²) in [5.74, 6) is 1.80. The molecule has 0 amide bonds. The standard InChI is InChI=1S/C20H25Cl2N5O.HI/c1-23-20(26(2)14-15-5-6-17(21)18(22)12-15)25-13-16-4-3-7-24-19(16)27-8-10-28-11-9-27;/h3-7,12H,8-11,13-14H2,1-2H3,(H,23,25);1H. The van der Waals surface area contributed by atoms with Crippen LogP contribution in [0.4, 0.5) is 5.82 Å². The van der Waals surface area contributed by atoms with E-state index in [9.17, 15) is 0 Å². The lowest BCUT2D eigenvalue weighted by Gasteiger charge is -2.30. The number of aromatic nitrogens is 1. The van der Waals surface area contributed by atoms with Crippen molar-refractivity contribution in [1.82, 2.24) is 15.2 Å². The summed E-state index contributed by atoms with van der Waals surface area (Å²) >= 11 is 12.1. The van der Waals surface area contributed by atoms with Crippen molar-refractivity contribution in [3.05, 3.63) is 57.7 Å². The first-order valence-electron chi connectivity index (χ1n) is 9.21. The maximum Gasteiger partial charge on any atom is 0.193 e. The van der Waals surface area contributed by atoms with Gasteiger partial charge in [-0.25, -0.2) is 4.98 Å². The van der Waals surface area contributed by atoms with Gasteiger partial charge in [-0.2, -0.15) is 0 Å². The van der Waals surface area contributed by atoms with Gasteiger partial charge in [-0.05, 0) is 23.8 Å². The molecule has 0 radical (unpaired) electrons. The molecule has 1 aliphatic rings. The molecule has 1 aromatic heterocycles. The van der Waals surface area contributed by atoms with E-state index in [-0.39, 0.29) is 24.0 Å².